The standard InChI is InChI=1S/C32H33N5O7S/c1-32(2,3)22-12-14-25(15-13-22)45(39,40)35-26-18-21(31-33-36-37-34-31)19-29(42-17-16-38)30(26)44-28-11-6-5-10-27(28)43-24-9-7-8-23(20-24)41-4/h5-15,18-20,35,38H,16-17H2,1-4H3,(H,33,34,36,37). The molecule has 0 aliphatic rings. The van der Waals surface area contributed by atoms with Crippen LogP contribution in [0.1, 0.15) is 26.3 Å². The third-order valence-corrected chi connectivity index (χ3v) is 7.99. The predicted molar refractivity (Wildman–Crippen MR) is 168 cm³/mol. The number of benzene rings is 4. The van der Waals surface area contributed by atoms with Crippen LogP contribution in [0.25, 0.3) is 11.4 Å². The molecule has 0 unspecified atom stereocenters. The molecular formula is C32H33N5O7S. The van der Waals surface area contributed by atoms with Crippen LogP contribution in [0.4, 0.5) is 5.69 Å². The number of anilines is 1. The molecule has 0 saturated heterocycles. The molecule has 4 aromatic carbocycles. The average Bonchev–Trinajstić information content (AvgIpc) is 3.57. The number of nitrogens with zero attached hydrogens (tertiary/aromatic N) is 3. The van der Waals surface area contributed by atoms with Gasteiger partial charge in [0.05, 0.1) is 24.3 Å². The molecule has 5 rings (SSSR count). The minimum atomic E-state index is -4.12. The summed E-state index contributed by atoms with van der Waals surface area (Å²) in [4.78, 5) is 0.0472. The van der Waals surface area contributed by atoms with E-state index in [4.69, 9.17) is 18.9 Å². The van der Waals surface area contributed by atoms with Gasteiger partial charge in [0.2, 0.25) is 5.82 Å². The molecule has 0 saturated carbocycles. The van der Waals surface area contributed by atoms with Crippen LogP contribution in [-0.4, -0.2) is 54.5 Å². The number of aliphatic hydroxyl groups is 1. The number of ether oxygens (including phenoxy) is 4. The monoisotopic (exact) mass is 631 g/mol. The molecule has 0 spiro atoms. The second-order valence-electron chi connectivity index (χ2n) is 10.9. The zero-order chi connectivity index (χ0) is 32.0. The van der Waals surface area contributed by atoms with Crippen LogP contribution < -0.4 is 23.7 Å². The van der Waals surface area contributed by atoms with Crippen molar-refractivity contribution in [2.24, 2.45) is 0 Å². The zero-order valence-electron chi connectivity index (χ0n) is 25.1. The van der Waals surface area contributed by atoms with Crippen molar-refractivity contribution in [3.05, 3.63) is 90.5 Å². The van der Waals surface area contributed by atoms with E-state index in [1.54, 1.807) is 86.0 Å². The fourth-order valence-electron chi connectivity index (χ4n) is 4.32. The molecule has 0 bridgehead atoms. The van der Waals surface area contributed by atoms with Crippen LogP contribution >= 0.6 is 0 Å². The Morgan fingerprint density at radius 3 is 2.22 bits per heavy atom. The van der Waals surface area contributed by atoms with Gasteiger partial charge in [0, 0.05) is 11.6 Å². The molecule has 5 aromatic rings. The number of para-hydroxylation sites is 2. The van der Waals surface area contributed by atoms with E-state index in [2.05, 4.69) is 25.3 Å². The largest absolute Gasteiger partial charge is 0.497 e. The van der Waals surface area contributed by atoms with E-state index in [1.165, 1.54) is 6.07 Å². The van der Waals surface area contributed by atoms with Crippen molar-refractivity contribution in [1.29, 1.82) is 0 Å². The van der Waals surface area contributed by atoms with Gasteiger partial charge in [0.15, 0.2) is 23.0 Å². The van der Waals surface area contributed by atoms with Crippen molar-refractivity contribution in [3.63, 3.8) is 0 Å². The summed E-state index contributed by atoms with van der Waals surface area (Å²) in [5.74, 6) is 2.02. The number of rotatable bonds is 12. The second kappa shape index (κ2) is 13.2. The van der Waals surface area contributed by atoms with Gasteiger partial charge in [-0.2, -0.15) is 5.21 Å². The Bertz CT molecular complexity index is 1860. The Morgan fingerprint density at radius 1 is 0.867 bits per heavy atom. The summed E-state index contributed by atoms with van der Waals surface area (Å²) in [7, 11) is -2.56. The average molecular weight is 632 g/mol. The fraction of sp³-hybridized carbons (Fsp3) is 0.219. The third kappa shape index (κ3) is 7.51. The normalized spacial score (nSPS) is 11.6. The van der Waals surface area contributed by atoms with Gasteiger partial charge in [-0.05, 0) is 64.7 Å². The number of sulfonamides is 1. The molecule has 1 heterocycles. The third-order valence-electron chi connectivity index (χ3n) is 6.61. The summed E-state index contributed by atoms with van der Waals surface area (Å²) in [6.45, 7) is 5.74. The molecule has 12 nitrogen and oxygen atoms in total. The fourth-order valence-corrected chi connectivity index (χ4v) is 5.37. The molecule has 0 fully saturated rings. The lowest BCUT2D eigenvalue weighted by Crippen LogP contribution is -2.16. The van der Waals surface area contributed by atoms with Crippen LogP contribution in [-0.2, 0) is 15.4 Å². The molecule has 13 heteroatoms. The number of hydrogen-bond donors (Lipinski definition) is 3. The van der Waals surface area contributed by atoms with Gasteiger partial charge >= 0.3 is 0 Å². The van der Waals surface area contributed by atoms with Gasteiger partial charge < -0.3 is 24.1 Å². The number of aromatic nitrogens is 4. The van der Waals surface area contributed by atoms with Crippen LogP contribution in [0.3, 0.4) is 0 Å². The van der Waals surface area contributed by atoms with E-state index in [9.17, 15) is 13.5 Å². The van der Waals surface area contributed by atoms with Crippen LogP contribution in [0.15, 0.2) is 89.8 Å². The van der Waals surface area contributed by atoms with E-state index in [-0.39, 0.29) is 52.3 Å². The van der Waals surface area contributed by atoms with Crippen LogP contribution in [0, 0.1) is 0 Å². The van der Waals surface area contributed by atoms with E-state index in [1.807, 2.05) is 20.8 Å². The topological polar surface area (TPSA) is 158 Å². The number of hydrogen-bond acceptors (Lipinski definition) is 10. The Labute approximate surface area is 261 Å². The van der Waals surface area contributed by atoms with Gasteiger partial charge in [-0.25, -0.2) is 8.42 Å². The Balaban J connectivity index is 1.59. The maximum atomic E-state index is 13.7. The quantitative estimate of drug-likeness (QED) is 0.151. The number of nitrogens with one attached hydrogen (secondary N) is 2. The molecule has 0 amide bonds. The van der Waals surface area contributed by atoms with E-state index in [0.717, 1.165) is 5.56 Å². The Hall–Kier alpha value is -5.14. The van der Waals surface area contributed by atoms with Gasteiger partial charge in [0.1, 0.15) is 18.1 Å². The Morgan fingerprint density at radius 2 is 1.58 bits per heavy atom. The summed E-state index contributed by atoms with van der Waals surface area (Å²) < 4.78 is 53.7. The summed E-state index contributed by atoms with van der Waals surface area (Å²) in [5.41, 5.74) is 1.23. The molecule has 0 aliphatic heterocycles. The number of H-pyrrole nitrogens is 1. The van der Waals surface area contributed by atoms with Crippen molar-refractivity contribution in [3.8, 4) is 45.9 Å². The number of methoxy groups -OCH3 is 1. The van der Waals surface area contributed by atoms with E-state index in [0.29, 0.717) is 22.8 Å². The van der Waals surface area contributed by atoms with Crippen LogP contribution in [0.2, 0.25) is 0 Å². The van der Waals surface area contributed by atoms with Crippen LogP contribution in [0.5, 0.6) is 34.5 Å². The summed E-state index contributed by atoms with van der Waals surface area (Å²) in [6, 6.07) is 23.7. The molecule has 3 N–H and O–H groups in total. The lowest BCUT2D eigenvalue weighted by atomic mass is 9.87. The lowest BCUT2D eigenvalue weighted by Gasteiger charge is -2.21. The first kappa shape index (κ1) is 31.3. The maximum Gasteiger partial charge on any atom is 0.262 e. The van der Waals surface area contributed by atoms with E-state index >= 15 is 0 Å². The number of aliphatic hydroxyl groups excluding tert-OH is 1. The molecule has 0 atom stereocenters. The van der Waals surface area contributed by atoms with Gasteiger partial charge in [0.25, 0.3) is 10.0 Å². The molecule has 234 valence electrons. The van der Waals surface area contributed by atoms with Crippen molar-refractivity contribution >= 4 is 15.7 Å². The van der Waals surface area contributed by atoms with Crippen molar-refractivity contribution < 1.29 is 32.5 Å². The van der Waals surface area contributed by atoms with E-state index < -0.39 is 10.0 Å². The second-order valence-corrected chi connectivity index (χ2v) is 12.6. The SMILES string of the molecule is COc1cccc(Oc2ccccc2Oc2c(NS(=O)(=O)c3ccc(C(C)(C)C)cc3)cc(-c3nn[nH]n3)cc2OCCO)c1. The van der Waals surface area contributed by atoms with Gasteiger partial charge in [-0.3, -0.25) is 4.72 Å². The van der Waals surface area contributed by atoms with Gasteiger partial charge in [-0.15, -0.1) is 10.2 Å². The highest BCUT2D eigenvalue weighted by Gasteiger charge is 2.24. The maximum absolute atomic E-state index is 13.7. The molecule has 1 aromatic heterocycles. The smallest absolute Gasteiger partial charge is 0.262 e. The zero-order valence-corrected chi connectivity index (χ0v) is 26.0. The Kier molecular flexibility index (Phi) is 9.21. The lowest BCUT2D eigenvalue weighted by molar-refractivity contribution is 0.198. The molecule has 45 heavy (non-hydrogen) atoms. The minimum Gasteiger partial charge on any atom is -0.497 e. The highest BCUT2D eigenvalue weighted by Crippen LogP contribution is 2.45. The first-order valence-corrected chi connectivity index (χ1v) is 15.4. The molecule has 0 aliphatic carbocycles. The van der Waals surface area contributed by atoms with Crippen molar-refractivity contribution in [2.45, 2.75) is 31.1 Å². The first-order chi connectivity index (χ1) is 21.6. The summed E-state index contributed by atoms with van der Waals surface area (Å²) >= 11 is 0. The summed E-state index contributed by atoms with van der Waals surface area (Å²) in [5, 5.41) is 23.6. The van der Waals surface area contributed by atoms with Gasteiger partial charge in [-0.1, -0.05) is 51.1 Å². The predicted octanol–water partition coefficient (Wildman–Crippen LogP) is 5.93. The highest BCUT2D eigenvalue weighted by molar-refractivity contribution is 7.92. The number of aromatic amines is 1. The molecule has 0 radical (unpaired) electrons. The van der Waals surface area contributed by atoms with Crippen molar-refractivity contribution in [1.82, 2.24) is 20.6 Å². The first-order valence-electron chi connectivity index (χ1n) is 13.9. The summed E-state index contributed by atoms with van der Waals surface area (Å²) in [6.07, 6.45) is 0. The number of tetrazole rings is 1. The van der Waals surface area contributed by atoms with Crippen molar-refractivity contribution in [2.75, 3.05) is 25.0 Å². The molecular weight excluding hydrogens is 598 g/mol. The highest BCUT2D eigenvalue weighted by atomic mass is 32.2. The minimum absolute atomic E-state index is 0.0206.